The van der Waals surface area contributed by atoms with Gasteiger partial charge >= 0.3 is 0 Å². The maximum Gasteiger partial charge on any atom is 0.253 e. The second-order valence-corrected chi connectivity index (χ2v) is 3.57. The third-order valence-electron chi connectivity index (χ3n) is 1.93. The van der Waals surface area contributed by atoms with Crippen molar-refractivity contribution in [2.24, 2.45) is 10.7 Å². The number of carbonyl (C=O) groups is 1. The van der Waals surface area contributed by atoms with Crippen LogP contribution in [-0.4, -0.2) is 27.2 Å². The standard InChI is InChI=1S/C11H14N4O2/c1-6-4-7(2)15-11(14-6)13-5-9(8(3)16)10(12)17/h4-5,16H,1-3H3,(H2,12,17)/b9-8+,13-5+. The van der Waals surface area contributed by atoms with E-state index in [4.69, 9.17) is 5.73 Å². The molecule has 1 amide bonds. The summed E-state index contributed by atoms with van der Waals surface area (Å²) in [6.45, 7) is 4.99. The summed E-state index contributed by atoms with van der Waals surface area (Å²) in [5.74, 6) is -0.716. The van der Waals surface area contributed by atoms with Gasteiger partial charge in [-0.25, -0.2) is 15.0 Å². The molecule has 0 spiro atoms. The lowest BCUT2D eigenvalue weighted by atomic mass is 10.2. The molecule has 1 heterocycles. The SMILES string of the molecule is C/C(O)=C(/C=N/c1nc(C)cc(C)n1)C(N)=O. The van der Waals surface area contributed by atoms with Gasteiger partial charge in [0.1, 0.15) is 5.76 Å². The number of aliphatic hydroxyl groups is 1. The summed E-state index contributed by atoms with van der Waals surface area (Å²) in [6.07, 6.45) is 1.16. The summed E-state index contributed by atoms with van der Waals surface area (Å²) in [5, 5.41) is 9.22. The Morgan fingerprint density at radius 2 is 1.94 bits per heavy atom. The Balaban J connectivity index is 3.05. The molecule has 0 fully saturated rings. The molecular formula is C11H14N4O2. The van der Waals surface area contributed by atoms with Crippen molar-refractivity contribution in [3.05, 3.63) is 28.8 Å². The molecule has 0 aliphatic carbocycles. The van der Waals surface area contributed by atoms with E-state index in [-0.39, 0.29) is 17.3 Å². The Hall–Kier alpha value is -2.24. The van der Waals surface area contributed by atoms with Crippen LogP contribution in [0.15, 0.2) is 22.4 Å². The van der Waals surface area contributed by atoms with Crippen LogP contribution in [0.5, 0.6) is 0 Å². The number of aliphatic hydroxyl groups excluding tert-OH is 1. The number of nitrogens with zero attached hydrogens (tertiary/aromatic N) is 3. The average Bonchev–Trinajstić information content (AvgIpc) is 2.14. The predicted molar refractivity (Wildman–Crippen MR) is 64.2 cm³/mol. The van der Waals surface area contributed by atoms with E-state index in [1.807, 2.05) is 13.8 Å². The zero-order chi connectivity index (χ0) is 13.0. The van der Waals surface area contributed by atoms with Gasteiger partial charge in [0, 0.05) is 17.6 Å². The average molecular weight is 234 g/mol. The third kappa shape index (κ3) is 3.67. The summed E-state index contributed by atoms with van der Waals surface area (Å²) < 4.78 is 0. The van der Waals surface area contributed by atoms with Gasteiger partial charge in [-0.15, -0.1) is 0 Å². The summed E-state index contributed by atoms with van der Waals surface area (Å²) in [6, 6.07) is 1.81. The van der Waals surface area contributed by atoms with Gasteiger partial charge in [0.2, 0.25) is 5.95 Å². The van der Waals surface area contributed by atoms with Crippen molar-refractivity contribution < 1.29 is 9.90 Å². The normalized spacial score (nSPS) is 12.6. The molecule has 1 rings (SSSR count). The van der Waals surface area contributed by atoms with Crippen molar-refractivity contribution in [2.75, 3.05) is 0 Å². The molecule has 0 radical (unpaired) electrons. The van der Waals surface area contributed by atoms with Crippen LogP contribution in [-0.2, 0) is 4.79 Å². The number of rotatable bonds is 3. The van der Waals surface area contributed by atoms with E-state index < -0.39 is 5.91 Å². The number of allylic oxidation sites excluding steroid dienone is 1. The Labute approximate surface area is 98.9 Å². The Morgan fingerprint density at radius 3 is 2.35 bits per heavy atom. The first-order valence-electron chi connectivity index (χ1n) is 4.96. The predicted octanol–water partition coefficient (Wildman–Crippen LogP) is 1.11. The smallest absolute Gasteiger partial charge is 0.253 e. The largest absolute Gasteiger partial charge is 0.512 e. The van der Waals surface area contributed by atoms with Crippen molar-refractivity contribution in [2.45, 2.75) is 20.8 Å². The molecule has 0 saturated carbocycles. The minimum absolute atomic E-state index is 0.0623. The van der Waals surface area contributed by atoms with Gasteiger partial charge < -0.3 is 10.8 Å². The molecule has 6 nitrogen and oxygen atoms in total. The second kappa shape index (κ2) is 5.20. The molecule has 3 N–H and O–H groups in total. The number of hydrogen-bond acceptors (Lipinski definition) is 5. The second-order valence-electron chi connectivity index (χ2n) is 3.57. The molecule has 0 unspecified atom stereocenters. The minimum atomic E-state index is -0.752. The quantitative estimate of drug-likeness (QED) is 0.464. The first-order chi connectivity index (χ1) is 7.90. The van der Waals surface area contributed by atoms with Crippen LogP contribution in [0.4, 0.5) is 5.95 Å². The topological polar surface area (TPSA) is 101 Å². The number of aliphatic imine (C=N–C) groups is 1. The molecule has 90 valence electrons. The summed E-state index contributed by atoms with van der Waals surface area (Å²) in [4.78, 5) is 23.0. The number of amides is 1. The lowest BCUT2D eigenvalue weighted by molar-refractivity contribution is -0.114. The number of nitrogens with two attached hydrogens (primary N) is 1. The van der Waals surface area contributed by atoms with Crippen LogP contribution < -0.4 is 5.73 Å². The van der Waals surface area contributed by atoms with E-state index >= 15 is 0 Å². The van der Waals surface area contributed by atoms with Gasteiger partial charge in [0.25, 0.3) is 5.91 Å². The van der Waals surface area contributed by atoms with E-state index in [0.717, 1.165) is 17.6 Å². The molecule has 0 atom stereocenters. The third-order valence-corrected chi connectivity index (χ3v) is 1.93. The van der Waals surface area contributed by atoms with E-state index in [2.05, 4.69) is 15.0 Å². The number of hydrogen-bond donors (Lipinski definition) is 2. The van der Waals surface area contributed by atoms with Gasteiger partial charge in [0.15, 0.2) is 0 Å². The van der Waals surface area contributed by atoms with Crippen LogP contribution >= 0.6 is 0 Å². The van der Waals surface area contributed by atoms with Gasteiger partial charge in [-0.05, 0) is 26.8 Å². The maximum absolute atomic E-state index is 11.0. The highest BCUT2D eigenvalue weighted by molar-refractivity contribution is 6.12. The summed E-state index contributed by atoms with van der Waals surface area (Å²) >= 11 is 0. The van der Waals surface area contributed by atoms with E-state index in [1.165, 1.54) is 6.92 Å². The molecule has 0 saturated heterocycles. The first-order valence-corrected chi connectivity index (χ1v) is 4.96. The van der Waals surface area contributed by atoms with Gasteiger partial charge in [-0.1, -0.05) is 0 Å². The van der Waals surface area contributed by atoms with Crippen LogP contribution in [0.3, 0.4) is 0 Å². The van der Waals surface area contributed by atoms with Gasteiger partial charge in [0.05, 0.1) is 5.57 Å². The fourth-order valence-corrected chi connectivity index (χ4v) is 1.22. The molecule has 0 bridgehead atoms. The van der Waals surface area contributed by atoms with Gasteiger partial charge in [-0.3, -0.25) is 4.79 Å². The minimum Gasteiger partial charge on any atom is -0.512 e. The Kier molecular flexibility index (Phi) is 3.92. The molecule has 6 heteroatoms. The number of carbonyl (C=O) groups excluding carboxylic acids is 1. The molecule has 1 aromatic heterocycles. The van der Waals surface area contributed by atoms with Gasteiger partial charge in [-0.2, -0.15) is 0 Å². The van der Waals surface area contributed by atoms with E-state index in [0.29, 0.717) is 0 Å². The molecule has 0 aliphatic heterocycles. The molecule has 0 aliphatic rings. The fourth-order valence-electron chi connectivity index (χ4n) is 1.22. The monoisotopic (exact) mass is 234 g/mol. The summed E-state index contributed by atoms with van der Waals surface area (Å²) in [5.41, 5.74) is 6.56. The van der Waals surface area contributed by atoms with Crippen LogP contribution in [0.25, 0.3) is 0 Å². The fraction of sp³-hybridized carbons (Fsp3) is 0.273. The molecule has 0 aromatic carbocycles. The lowest BCUT2D eigenvalue weighted by Crippen LogP contribution is -2.16. The number of aryl methyl sites for hydroxylation is 2. The highest BCUT2D eigenvalue weighted by Crippen LogP contribution is 2.07. The van der Waals surface area contributed by atoms with Crippen molar-refractivity contribution in [1.82, 2.24) is 9.97 Å². The van der Waals surface area contributed by atoms with Crippen molar-refractivity contribution >= 4 is 18.1 Å². The Morgan fingerprint density at radius 1 is 1.41 bits per heavy atom. The summed E-state index contributed by atoms with van der Waals surface area (Å²) in [7, 11) is 0. The van der Waals surface area contributed by atoms with Crippen LogP contribution in [0.2, 0.25) is 0 Å². The molecule has 1 aromatic rings. The lowest BCUT2D eigenvalue weighted by Gasteiger charge is -1.99. The number of aromatic nitrogens is 2. The first kappa shape index (κ1) is 12.8. The van der Waals surface area contributed by atoms with E-state index in [9.17, 15) is 9.90 Å². The number of primary amides is 1. The highest BCUT2D eigenvalue weighted by Gasteiger charge is 2.06. The van der Waals surface area contributed by atoms with E-state index in [1.54, 1.807) is 6.07 Å². The van der Waals surface area contributed by atoms with Crippen molar-refractivity contribution in [1.29, 1.82) is 0 Å². The van der Waals surface area contributed by atoms with Crippen molar-refractivity contribution in [3.63, 3.8) is 0 Å². The zero-order valence-corrected chi connectivity index (χ0v) is 9.93. The highest BCUT2D eigenvalue weighted by atomic mass is 16.3. The van der Waals surface area contributed by atoms with Crippen LogP contribution in [0, 0.1) is 13.8 Å². The molecule has 17 heavy (non-hydrogen) atoms. The molecular weight excluding hydrogens is 220 g/mol. The van der Waals surface area contributed by atoms with Crippen molar-refractivity contribution in [3.8, 4) is 0 Å². The Bertz CT molecular complexity index is 482. The maximum atomic E-state index is 11.0. The zero-order valence-electron chi connectivity index (χ0n) is 9.93. The van der Waals surface area contributed by atoms with Crippen LogP contribution in [0.1, 0.15) is 18.3 Å².